The first-order valence-corrected chi connectivity index (χ1v) is 5.16. The molecule has 1 rings (SSSR count). The van der Waals surface area contributed by atoms with E-state index in [-0.39, 0.29) is 0 Å². The lowest BCUT2D eigenvalue weighted by Crippen LogP contribution is -2.36. The first kappa shape index (κ1) is 11.9. The molecule has 1 N–H and O–H groups in total. The van der Waals surface area contributed by atoms with Crippen molar-refractivity contribution in [1.82, 2.24) is 10.2 Å². The molecule has 0 spiro atoms. The largest absolute Gasteiger partial charge is 0.319 e. The summed E-state index contributed by atoms with van der Waals surface area (Å²) in [6.45, 7) is 7.76. The highest BCUT2D eigenvalue weighted by molar-refractivity contribution is 4.71. The van der Waals surface area contributed by atoms with Gasteiger partial charge in [0.15, 0.2) is 0 Å². The minimum Gasteiger partial charge on any atom is -0.319 e. The molecule has 1 aliphatic heterocycles. The molecule has 1 unspecified atom stereocenters. The highest BCUT2D eigenvalue weighted by Gasteiger charge is 2.15. The Morgan fingerprint density at radius 1 is 1.42 bits per heavy atom. The molecule has 0 radical (unpaired) electrons. The van der Waals surface area contributed by atoms with Crippen molar-refractivity contribution in [3.8, 4) is 0 Å². The van der Waals surface area contributed by atoms with Crippen LogP contribution in [-0.2, 0) is 0 Å². The van der Waals surface area contributed by atoms with E-state index in [1.165, 1.54) is 32.5 Å². The topological polar surface area (TPSA) is 15.3 Å². The number of rotatable bonds is 2. The highest BCUT2D eigenvalue weighted by atomic mass is 15.1. The molecule has 0 aliphatic carbocycles. The van der Waals surface area contributed by atoms with E-state index in [0.717, 1.165) is 5.92 Å². The fourth-order valence-corrected chi connectivity index (χ4v) is 1.73. The summed E-state index contributed by atoms with van der Waals surface area (Å²) >= 11 is 0. The standard InChI is InChI=1S/C8H18N2.C2H6/c1-9-6-8-4-3-5-10(2)7-8;1-2/h8-9H,3-7H2,1-2H3;1-2H3. The molecule has 0 aromatic carbocycles. The molecule has 1 fully saturated rings. The van der Waals surface area contributed by atoms with Crippen LogP contribution in [0.4, 0.5) is 0 Å². The number of piperidine rings is 1. The van der Waals surface area contributed by atoms with Gasteiger partial charge in [-0.05, 0) is 45.9 Å². The third-order valence-corrected chi connectivity index (χ3v) is 2.21. The molecule has 1 saturated heterocycles. The van der Waals surface area contributed by atoms with Gasteiger partial charge in [0.1, 0.15) is 0 Å². The Morgan fingerprint density at radius 3 is 2.58 bits per heavy atom. The lowest BCUT2D eigenvalue weighted by atomic mass is 9.99. The lowest BCUT2D eigenvalue weighted by molar-refractivity contribution is 0.208. The molecular formula is C10H24N2. The van der Waals surface area contributed by atoms with E-state index in [1.54, 1.807) is 0 Å². The maximum absolute atomic E-state index is 3.23. The normalized spacial score (nSPS) is 24.5. The maximum Gasteiger partial charge on any atom is 0.00187 e. The Morgan fingerprint density at radius 2 is 2.08 bits per heavy atom. The van der Waals surface area contributed by atoms with E-state index in [0.29, 0.717) is 0 Å². The Kier molecular flexibility index (Phi) is 7.51. The van der Waals surface area contributed by atoms with Crippen molar-refractivity contribution in [3.63, 3.8) is 0 Å². The van der Waals surface area contributed by atoms with Crippen molar-refractivity contribution >= 4 is 0 Å². The highest BCUT2D eigenvalue weighted by Crippen LogP contribution is 2.13. The van der Waals surface area contributed by atoms with Gasteiger partial charge in [-0.3, -0.25) is 0 Å². The Hall–Kier alpha value is -0.0800. The SMILES string of the molecule is CC.CNCC1CCCN(C)C1. The molecule has 2 heteroatoms. The summed E-state index contributed by atoms with van der Waals surface area (Å²) in [6, 6.07) is 0. The van der Waals surface area contributed by atoms with Crippen LogP contribution < -0.4 is 5.32 Å². The first-order valence-electron chi connectivity index (χ1n) is 5.16. The molecule has 12 heavy (non-hydrogen) atoms. The van der Waals surface area contributed by atoms with E-state index in [4.69, 9.17) is 0 Å². The van der Waals surface area contributed by atoms with E-state index in [2.05, 4.69) is 17.3 Å². The minimum absolute atomic E-state index is 0.892. The fourth-order valence-electron chi connectivity index (χ4n) is 1.73. The van der Waals surface area contributed by atoms with Gasteiger partial charge in [-0.15, -0.1) is 0 Å². The molecule has 0 aromatic rings. The van der Waals surface area contributed by atoms with Crippen LogP contribution in [0.25, 0.3) is 0 Å². The Labute approximate surface area is 77.3 Å². The predicted molar refractivity (Wildman–Crippen MR) is 55.5 cm³/mol. The van der Waals surface area contributed by atoms with Crippen LogP contribution in [0.15, 0.2) is 0 Å². The fraction of sp³-hybridized carbons (Fsp3) is 1.00. The molecule has 1 aliphatic rings. The third-order valence-electron chi connectivity index (χ3n) is 2.21. The van der Waals surface area contributed by atoms with Gasteiger partial charge < -0.3 is 10.2 Å². The van der Waals surface area contributed by atoms with Crippen LogP contribution in [0.5, 0.6) is 0 Å². The summed E-state index contributed by atoms with van der Waals surface area (Å²) in [7, 11) is 4.25. The number of nitrogens with zero attached hydrogens (tertiary/aromatic N) is 1. The van der Waals surface area contributed by atoms with Crippen LogP contribution >= 0.6 is 0 Å². The predicted octanol–water partition coefficient (Wildman–Crippen LogP) is 1.57. The summed E-state index contributed by atoms with van der Waals surface area (Å²) in [5.74, 6) is 0.892. The number of likely N-dealkylation sites (tertiary alicyclic amines) is 1. The third kappa shape index (κ3) is 4.73. The van der Waals surface area contributed by atoms with E-state index in [1.807, 2.05) is 20.9 Å². The van der Waals surface area contributed by atoms with Crippen molar-refractivity contribution in [3.05, 3.63) is 0 Å². The van der Waals surface area contributed by atoms with E-state index < -0.39 is 0 Å². The van der Waals surface area contributed by atoms with Gasteiger partial charge in [0.05, 0.1) is 0 Å². The van der Waals surface area contributed by atoms with Crippen LogP contribution in [-0.4, -0.2) is 38.6 Å². The molecule has 2 nitrogen and oxygen atoms in total. The van der Waals surface area contributed by atoms with Gasteiger partial charge >= 0.3 is 0 Å². The Balaban J connectivity index is 0.000000561. The quantitative estimate of drug-likeness (QED) is 0.680. The lowest BCUT2D eigenvalue weighted by Gasteiger charge is -2.29. The van der Waals surface area contributed by atoms with Gasteiger partial charge in [0, 0.05) is 6.54 Å². The van der Waals surface area contributed by atoms with Crippen molar-refractivity contribution in [2.45, 2.75) is 26.7 Å². The van der Waals surface area contributed by atoms with Gasteiger partial charge in [-0.1, -0.05) is 13.8 Å². The van der Waals surface area contributed by atoms with E-state index >= 15 is 0 Å². The summed E-state index contributed by atoms with van der Waals surface area (Å²) in [5, 5.41) is 3.23. The van der Waals surface area contributed by atoms with Crippen molar-refractivity contribution < 1.29 is 0 Å². The summed E-state index contributed by atoms with van der Waals surface area (Å²) in [5.41, 5.74) is 0. The van der Waals surface area contributed by atoms with Crippen LogP contribution in [0.3, 0.4) is 0 Å². The van der Waals surface area contributed by atoms with Crippen LogP contribution in [0.1, 0.15) is 26.7 Å². The zero-order valence-corrected chi connectivity index (χ0v) is 9.06. The molecule has 1 atom stereocenters. The molecule has 0 aromatic heterocycles. The Bertz CT molecular complexity index is 91.8. The maximum atomic E-state index is 3.23. The monoisotopic (exact) mass is 172 g/mol. The first-order chi connectivity index (χ1) is 5.83. The van der Waals surface area contributed by atoms with E-state index in [9.17, 15) is 0 Å². The number of hydrogen-bond donors (Lipinski definition) is 1. The molecule has 0 saturated carbocycles. The van der Waals surface area contributed by atoms with Crippen molar-refractivity contribution in [1.29, 1.82) is 0 Å². The summed E-state index contributed by atoms with van der Waals surface area (Å²) in [6.07, 6.45) is 2.79. The second kappa shape index (κ2) is 7.56. The molecule has 74 valence electrons. The van der Waals surface area contributed by atoms with Crippen LogP contribution in [0.2, 0.25) is 0 Å². The summed E-state index contributed by atoms with van der Waals surface area (Å²) < 4.78 is 0. The van der Waals surface area contributed by atoms with Crippen molar-refractivity contribution in [2.75, 3.05) is 33.7 Å². The van der Waals surface area contributed by atoms with Crippen molar-refractivity contribution in [2.24, 2.45) is 5.92 Å². The second-order valence-corrected chi connectivity index (χ2v) is 3.33. The second-order valence-electron chi connectivity index (χ2n) is 3.33. The summed E-state index contributed by atoms with van der Waals surface area (Å²) in [4.78, 5) is 2.42. The van der Waals surface area contributed by atoms with Gasteiger partial charge in [0.2, 0.25) is 0 Å². The average molecular weight is 172 g/mol. The zero-order valence-electron chi connectivity index (χ0n) is 9.06. The molecule has 1 heterocycles. The minimum atomic E-state index is 0.892. The molecule has 0 bridgehead atoms. The number of nitrogens with one attached hydrogen (secondary N) is 1. The zero-order chi connectivity index (χ0) is 9.40. The van der Waals surface area contributed by atoms with Gasteiger partial charge in [-0.2, -0.15) is 0 Å². The smallest absolute Gasteiger partial charge is 0.00187 e. The van der Waals surface area contributed by atoms with Gasteiger partial charge in [0.25, 0.3) is 0 Å². The average Bonchev–Trinajstić information content (AvgIpc) is 2.09. The molecule has 0 amide bonds. The molecular weight excluding hydrogens is 148 g/mol. The number of hydrogen-bond acceptors (Lipinski definition) is 2. The van der Waals surface area contributed by atoms with Crippen LogP contribution in [0, 0.1) is 5.92 Å². The van der Waals surface area contributed by atoms with Gasteiger partial charge in [-0.25, -0.2) is 0 Å².